The van der Waals surface area contributed by atoms with Crippen molar-refractivity contribution in [3.8, 4) is 5.75 Å². The summed E-state index contributed by atoms with van der Waals surface area (Å²) in [5.74, 6) is -0.585. The fourth-order valence-electron chi connectivity index (χ4n) is 3.51. The van der Waals surface area contributed by atoms with E-state index in [1.807, 2.05) is 30.3 Å². The van der Waals surface area contributed by atoms with Crippen molar-refractivity contribution in [1.82, 2.24) is 8.03 Å². The van der Waals surface area contributed by atoms with Crippen LogP contribution in [0.4, 0.5) is 0 Å². The van der Waals surface area contributed by atoms with E-state index >= 15 is 0 Å². The van der Waals surface area contributed by atoms with E-state index in [2.05, 4.69) is 3.13 Å². The Balaban J connectivity index is 1.92. The zero-order chi connectivity index (χ0) is 21.4. The molecule has 1 aliphatic heterocycles. The molecule has 0 saturated carbocycles. The van der Waals surface area contributed by atoms with Crippen LogP contribution in [0, 0.1) is 0 Å². The summed E-state index contributed by atoms with van der Waals surface area (Å²) in [7, 11) is 1.59. The van der Waals surface area contributed by atoms with E-state index in [0.29, 0.717) is 65.4 Å². The van der Waals surface area contributed by atoms with Crippen LogP contribution in [0.1, 0.15) is 22.5 Å². The molecule has 0 spiro atoms. The van der Waals surface area contributed by atoms with Crippen LogP contribution < -0.4 is 13.3 Å². The van der Waals surface area contributed by atoms with Crippen molar-refractivity contribution < 1.29 is 23.4 Å². The van der Waals surface area contributed by atoms with Crippen molar-refractivity contribution in [3.63, 3.8) is 0 Å². The van der Waals surface area contributed by atoms with E-state index < -0.39 is 16.9 Å². The number of nitrogens with one attached hydrogen (secondary N) is 1. The zero-order valence-electron chi connectivity index (χ0n) is 17.0. The first kappa shape index (κ1) is 22.9. The standard InChI is InChI=1S/C21H25N2O6.Tl/c1-26-12-9-23(21(14-22)8-11-27-15-21)20(25)19-18(17(24)7-10-28-19)29-13-16-5-3-2-4-6-16;/h2-7,10,22H,8-9,11-15H2,1H3;/q-1;+1. The summed E-state index contributed by atoms with van der Waals surface area (Å²) in [6, 6.07) is 10.7. The minimum atomic E-state index is -0.518. The van der Waals surface area contributed by atoms with Gasteiger partial charge in [-0.15, -0.1) is 0 Å². The Morgan fingerprint density at radius 2 is 2.10 bits per heavy atom. The molecule has 0 radical (unpaired) electrons. The summed E-state index contributed by atoms with van der Waals surface area (Å²) in [4.78, 5) is 27.8. The van der Waals surface area contributed by atoms with Gasteiger partial charge < -0.3 is 0 Å². The Labute approximate surface area is 191 Å². The molecule has 0 aliphatic carbocycles. The molecule has 30 heavy (non-hydrogen) atoms. The van der Waals surface area contributed by atoms with E-state index in [0.717, 1.165) is 5.56 Å². The number of carbonyl (C=O) groups is 1. The number of hydrogen-bond acceptors (Lipinski definition) is 7. The fourth-order valence-corrected chi connectivity index (χ4v) is 4.99. The molecule has 1 N–H and O–H groups in total. The van der Waals surface area contributed by atoms with Gasteiger partial charge in [-0.05, 0) is 0 Å². The van der Waals surface area contributed by atoms with Gasteiger partial charge in [0, 0.05) is 0 Å². The molecule has 158 valence electrons. The number of hydrogen-bond donors (Lipinski definition) is 1. The van der Waals surface area contributed by atoms with Crippen molar-refractivity contribution in [2.75, 3.05) is 40.0 Å². The molecule has 9 heteroatoms. The quantitative estimate of drug-likeness (QED) is 0.407. The number of rotatable bonds is 10. The molecule has 2 heterocycles. The van der Waals surface area contributed by atoms with Crippen molar-refractivity contribution in [2.24, 2.45) is 0 Å². The number of amides is 1. The maximum atomic E-state index is 13.6. The summed E-state index contributed by atoms with van der Waals surface area (Å²) >= 11 is 0.575. The molecule has 1 saturated heterocycles. The molecule has 1 aromatic carbocycles. The molecule has 1 unspecified atom stereocenters. The van der Waals surface area contributed by atoms with Gasteiger partial charge >= 0.3 is 186 Å². The Hall–Kier alpha value is -1.76. The van der Waals surface area contributed by atoms with Gasteiger partial charge in [0.15, 0.2) is 0 Å². The van der Waals surface area contributed by atoms with E-state index in [-0.39, 0.29) is 18.1 Å². The van der Waals surface area contributed by atoms with E-state index in [4.69, 9.17) is 18.6 Å². The summed E-state index contributed by atoms with van der Waals surface area (Å²) in [6.07, 6.45) is 1.92. The molecule has 3 rings (SSSR count). The number of nitrogens with zero attached hydrogens (tertiary/aromatic N) is 1. The predicted octanol–water partition coefficient (Wildman–Crippen LogP) is 1.14. The van der Waals surface area contributed by atoms with Crippen molar-refractivity contribution in [3.05, 3.63) is 64.2 Å². The Bertz CT molecular complexity index is 883. The van der Waals surface area contributed by atoms with Crippen LogP contribution in [0.15, 0.2) is 51.9 Å². The first-order chi connectivity index (χ1) is 14.6. The number of carbonyl (C=O) groups excluding carboxylic acids is 1. The maximum absolute atomic E-state index is 13.6. The van der Waals surface area contributed by atoms with Crippen LogP contribution in [0.3, 0.4) is 0 Å². The predicted molar refractivity (Wildman–Crippen MR) is 111 cm³/mol. The van der Waals surface area contributed by atoms with Gasteiger partial charge in [0.25, 0.3) is 0 Å². The molecule has 0 bridgehead atoms. The SMILES string of the molecule is COCCN(C(=O)c1occc(=O)c1OCc1ccccc1)C1(C[NH][Tl])CCOC1. The third-order valence-electron chi connectivity index (χ3n) is 5.11. The first-order valence-electron chi connectivity index (χ1n) is 9.72. The average molecular weight is 606 g/mol. The van der Waals surface area contributed by atoms with E-state index in [1.165, 1.54) is 12.3 Å². The number of methoxy groups -OCH3 is 1. The van der Waals surface area contributed by atoms with Gasteiger partial charge in [-0.1, -0.05) is 6.07 Å². The van der Waals surface area contributed by atoms with Gasteiger partial charge in [0.1, 0.15) is 0 Å². The second kappa shape index (κ2) is 11.0. The second-order valence-electron chi connectivity index (χ2n) is 7.07. The second-order valence-corrected chi connectivity index (χ2v) is 8.66. The van der Waals surface area contributed by atoms with Gasteiger partial charge in [0.2, 0.25) is 0 Å². The molecule has 1 atom stereocenters. The topological polar surface area (TPSA) is 90.2 Å². The molecule has 1 aromatic heterocycles. The Kier molecular flexibility index (Phi) is 8.43. The van der Waals surface area contributed by atoms with Gasteiger partial charge in [-0.25, -0.2) is 0 Å². The zero-order valence-corrected chi connectivity index (χ0v) is 21.5. The fraction of sp³-hybridized carbons (Fsp3) is 0.429. The summed E-state index contributed by atoms with van der Waals surface area (Å²) in [6.45, 7) is 2.46. The first-order valence-corrected chi connectivity index (χ1v) is 12.0. The van der Waals surface area contributed by atoms with Crippen molar-refractivity contribution in [2.45, 2.75) is 18.6 Å². The molecule has 2 aromatic rings. The van der Waals surface area contributed by atoms with Crippen LogP contribution in [0.2, 0.25) is 0 Å². The van der Waals surface area contributed by atoms with Crippen LogP contribution in [0.5, 0.6) is 5.75 Å². The normalized spacial score (nSPS) is 18.3. The Morgan fingerprint density at radius 1 is 1.30 bits per heavy atom. The van der Waals surface area contributed by atoms with Crippen LogP contribution >= 0.6 is 0 Å². The molecule has 1 amide bonds. The molecular weight excluding hydrogens is 581 g/mol. The molecular formula is C21H25N2O6Tl. The molecule has 8 nitrogen and oxygen atoms in total. The van der Waals surface area contributed by atoms with E-state index in [1.54, 1.807) is 12.0 Å². The van der Waals surface area contributed by atoms with Crippen LogP contribution in [-0.2, 0) is 16.1 Å². The summed E-state index contributed by atoms with van der Waals surface area (Å²) in [5.41, 5.74) is -0.0289. The molecule has 1 aliphatic rings. The van der Waals surface area contributed by atoms with Crippen LogP contribution in [0.25, 0.3) is 0 Å². The molecule has 1 fully saturated rings. The monoisotopic (exact) mass is 606 g/mol. The third kappa shape index (κ3) is 5.29. The summed E-state index contributed by atoms with van der Waals surface area (Å²) in [5, 5.41) is 0. The summed E-state index contributed by atoms with van der Waals surface area (Å²) < 4.78 is 25.5. The Morgan fingerprint density at radius 3 is 2.77 bits per heavy atom. The minimum absolute atomic E-state index is 0.0801. The van der Waals surface area contributed by atoms with E-state index in [9.17, 15) is 9.59 Å². The average Bonchev–Trinajstić information content (AvgIpc) is 3.23. The van der Waals surface area contributed by atoms with Crippen molar-refractivity contribution >= 4 is 32.0 Å². The van der Waals surface area contributed by atoms with Crippen molar-refractivity contribution in [1.29, 1.82) is 0 Å². The number of ether oxygens (including phenoxy) is 3. The van der Waals surface area contributed by atoms with Crippen LogP contribution in [-0.4, -0.2) is 82.4 Å². The van der Waals surface area contributed by atoms with Gasteiger partial charge in [0.05, 0.1) is 0 Å². The van der Waals surface area contributed by atoms with Gasteiger partial charge in [-0.2, -0.15) is 0 Å². The van der Waals surface area contributed by atoms with Gasteiger partial charge in [-0.3, -0.25) is 0 Å². The number of benzene rings is 1. The third-order valence-corrected chi connectivity index (χ3v) is 5.90.